The highest BCUT2D eigenvalue weighted by molar-refractivity contribution is 5.92. The summed E-state index contributed by atoms with van der Waals surface area (Å²) in [7, 11) is 2.06. The van der Waals surface area contributed by atoms with Crippen LogP contribution < -0.4 is 0 Å². The van der Waals surface area contributed by atoms with Crippen molar-refractivity contribution in [2.45, 2.75) is 6.42 Å². The first kappa shape index (κ1) is 11.6. The van der Waals surface area contributed by atoms with Gasteiger partial charge in [-0.15, -0.1) is 0 Å². The van der Waals surface area contributed by atoms with E-state index in [1.165, 1.54) is 10.9 Å². The van der Waals surface area contributed by atoms with Crippen molar-refractivity contribution in [2.24, 2.45) is 7.05 Å². The van der Waals surface area contributed by atoms with Crippen LogP contribution in [0.2, 0.25) is 0 Å². The number of hydrogen-bond acceptors (Lipinski definition) is 1. The largest absolute Gasteiger partial charge is 0.343 e. The molecular weight excluding hydrogens is 232 g/mol. The molecule has 1 aromatic heterocycles. The van der Waals surface area contributed by atoms with Crippen LogP contribution in [-0.2, 0) is 13.5 Å². The van der Waals surface area contributed by atoms with Gasteiger partial charge in [0.1, 0.15) is 0 Å². The Balaban J connectivity index is 2.38. The lowest BCUT2D eigenvalue weighted by atomic mass is 10.0. The zero-order valence-electron chi connectivity index (χ0n) is 10.8. The van der Waals surface area contributed by atoms with Gasteiger partial charge in [0.05, 0.1) is 18.2 Å². The van der Waals surface area contributed by atoms with E-state index in [2.05, 4.69) is 41.9 Å². The van der Waals surface area contributed by atoms with Crippen LogP contribution in [0.3, 0.4) is 0 Å². The molecule has 3 aromatic rings. The van der Waals surface area contributed by atoms with Crippen LogP contribution in [0.1, 0.15) is 5.56 Å². The molecule has 2 aromatic carbocycles. The maximum absolute atomic E-state index is 9.10. The summed E-state index contributed by atoms with van der Waals surface area (Å²) >= 11 is 0. The van der Waals surface area contributed by atoms with Gasteiger partial charge in [0.15, 0.2) is 0 Å². The Labute approximate surface area is 112 Å². The third-order valence-electron chi connectivity index (χ3n) is 3.51. The van der Waals surface area contributed by atoms with Gasteiger partial charge in [-0.1, -0.05) is 48.5 Å². The van der Waals surface area contributed by atoms with Crippen LogP contribution in [0.15, 0.2) is 54.6 Å². The van der Waals surface area contributed by atoms with Gasteiger partial charge in [-0.3, -0.25) is 0 Å². The predicted octanol–water partition coefficient (Wildman–Crippen LogP) is 3.91. The number of nitrogens with zero attached hydrogens (tertiary/aromatic N) is 2. The lowest BCUT2D eigenvalue weighted by molar-refractivity contribution is 0.970. The molecule has 0 amide bonds. The van der Waals surface area contributed by atoms with Crippen molar-refractivity contribution in [3.8, 4) is 17.3 Å². The highest BCUT2D eigenvalue weighted by atomic mass is 14.9. The Bertz CT molecular complexity index is 761. The van der Waals surface area contributed by atoms with E-state index < -0.39 is 0 Å². The molecule has 0 aliphatic carbocycles. The Morgan fingerprint density at radius 2 is 1.68 bits per heavy atom. The summed E-state index contributed by atoms with van der Waals surface area (Å²) in [5.41, 5.74) is 4.59. The minimum atomic E-state index is 0.436. The van der Waals surface area contributed by atoms with Crippen molar-refractivity contribution in [1.82, 2.24) is 4.57 Å². The molecule has 0 aliphatic heterocycles. The molecule has 19 heavy (non-hydrogen) atoms. The lowest BCUT2D eigenvalue weighted by Crippen LogP contribution is -1.93. The molecule has 2 heteroatoms. The molecule has 0 unspecified atom stereocenters. The topological polar surface area (TPSA) is 28.7 Å². The maximum Gasteiger partial charge on any atom is 0.0670 e. The van der Waals surface area contributed by atoms with Crippen molar-refractivity contribution in [1.29, 1.82) is 5.26 Å². The first-order valence-corrected chi connectivity index (χ1v) is 6.31. The fourth-order valence-corrected chi connectivity index (χ4v) is 2.69. The van der Waals surface area contributed by atoms with Crippen LogP contribution in [0, 0.1) is 11.3 Å². The van der Waals surface area contributed by atoms with Gasteiger partial charge in [-0.25, -0.2) is 0 Å². The molecule has 0 spiro atoms. The fraction of sp³-hybridized carbons (Fsp3) is 0.118. The maximum atomic E-state index is 9.10. The van der Waals surface area contributed by atoms with Crippen molar-refractivity contribution in [3.05, 3.63) is 60.2 Å². The molecule has 0 saturated heterocycles. The summed E-state index contributed by atoms with van der Waals surface area (Å²) in [6.45, 7) is 0. The summed E-state index contributed by atoms with van der Waals surface area (Å²) in [6, 6.07) is 20.8. The van der Waals surface area contributed by atoms with Gasteiger partial charge in [0.2, 0.25) is 0 Å². The lowest BCUT2D eigenvalue weighted by Gasteiger charge is -2.06. The third-order valence-corrected chi connectivity index (χ3v) is 3.51. The second-order valence-corrected chi connectivity index (χ2v) is 4.60. The van der Waals surface area contributed by atoms with Crippen molar-refractivity contribution >= 4 is 10.9 Å². The van der Waals surface area contributed by atoms with E-state index in [0.717, 1.165) is 16.8 Å². The quantitative estimate of drug-likeness (QED) is 0.674. The monoisotopic (exact) mass is 246 g/mol. The van der Waals surface area contributed by atoms with Crippen LogP contribution in [0.4, 0.5) is 0 Å². The SMILES string of the molecule is Cn1c(-c2ccccc2)c(CC#N)c2ccccc21. The molecule has 3 rings (SSSR count). The van der Waals surface area contributed by atoms with Gasteiger partial charge in [-0.05, 0) is 17.2 Å². The Morgan fingerprint density at radius 1 is 1.00 bits per heavy atom. The Kier molecular flexibility index (Phi) is 2.81. The summed E-state index contributed by atoms with van der Waals surface area (Å²) in [5.74, 6) is 0. The van der Waals surface area contributed by atoms with E-state index in [1.54, 1.807) is 0 Å². The van der Waals surface area contributed by atoms with E-state index in [0.29, 0.717) is 6.42 Å². The summed E-state index contributed by atoms with van der Waals surface area (Å²) in [5, 5.41) is 10.3. The second-order valence-electron chi connectivity index (χ2n) is 4.60. The van der Waals surface area contributed by atoms with Gasteiger partial charge in [-0.2, -0.15) is 5.26 Å². The first-order valence-electron chi connectivity index (χ1n) is 6.31. The molecule has 2 nitrogen and oxygen atoms in total. The van der Waals surface area contributed by atoms with Crippen molar-refractivity contribution in [2.75, 3.05) is 0 Å². The Morgan fingerprint density at radius 3 is 2.42 bits per heavy atom. The number of hydrogen-bond donors (Lipinski definition) is 0. The van der Waals surface area contributed by atoms with Crippen LogP contribution in [0.25, 0.3) is 22.2 Å². The molecule has 0 fully saturated rings. The zero-order valence-corrected chi connectivity index (χ0v) is 10.8. The number of fused-ring (bicyclic) bond motifs is 1. The van der Waals surface area contributed by atoms with Crippen LogP contribution in [-0.4, -0.2) is 4.57 Å². The fourth-order valence-electron chi connectivity index (χ4n) is 2.69. The van der Waals surface area contributed by atoms with Gasteiger partial charge >= 0.3 is 0 Å². The van der Waals surface area contributed by atoms with Crippen LogP contribution in [0.5, 0.6) is 0 Å². The molecule has 0 radical (unpaired) electrons. The van der Waals surface area contributed by atoms with Crippen molar-refractivity contribution in [3.63, 3.8) is 0 Å². The average molecular weight is 246 g/mol. The molecule has 0 atom stereocenters. The average Bonchev–Trinajstić information content (AvgIpc) is 2.74. The predicted molar refractivity (Wildman–Crippen MR) is 77.7 cm³/mol. The van der Waals surface area contributed by atoms with E-state index in [9.17, 15) is 0 Å². The zero-order chi connectivity index (χ0) is 13.2. The van der Waals surface area contributed by atoms with Crippen LogP contribution >= 0.6 is 0 Å². The number of rotatable bonds is 2. The molecule has 0 saturated carbocycles. The highest BCUT2D eigenvalue weighted by Crippen LogP contribution is 2.33. The molecule has 1 heterocycles. The number of benzene rings is 2. The second kappa shape index (κ2) is 4.62. The molecule has 0 bridgehead atoms. The van der Waals surface area contributed by atoms with Gasteiger partial charge in [0.25, 0.3) is 0 Å². The van der Waals surface area contributed by atoms with E-state index in [1.807, 2.05) is 30.3 Å². The number of aromatic nitrogens is 1. The van der Waals surface area contributed by atoms with E-state index in [-0.39, 0.29) is 0 Å². The summed E-state index contributed by atoms with van der Waals surface area (Å²) in [6.07, 6.45) is 0.436. The highest BCUT2D eigenvalue weighted by Gasteiger charge is 2.15. The van der Waals surface area contributed by atoms with Gasteiger partial charge in [0, 0.05) is 18.0 Å². The van der Waals surface area contributed by atoms with Crippen molar-refractivity contribution < 1.29 is 0 Å². The first-order chi connectivity index (χ1) is 9.33. The molecular formula is C17H14N2. The molecule has 92 valence electrons. The third kappa shape index (κ3) is 1.80. The Hall–Kier alpha value is -2.53. The normalized spacial score (nSPS) is 10.5. The minimum absolute atomic E-state index is 0.436. The number of nitriles is 1. The van der Waals surface area contributed by atoms with E-state index in [4.69, 9.17) is 5.26 Å². The smallest absolute Gasteiger partial charge is 0.0670 e. The summed E-state index contributed by atoms with van der Waals surface area (Å²) in [4.78, 5) is 0. The van der Waals surface area contributed by atoms with E-state index >= 15 is 0 Å². The summed E-state index contributed by atoms with van der Waals surface area (Å²) < 4.78 is 2.18. The molecule has 0 aliphatic rings. The standard InChI is InChI=1S/C17H14N2/c1-19-16-10-6-5-9-14(16)15(11-12-18)17(19)13-7-3-2-4-8-13/h2-10H,11H2,1H3. The number of para-hydroxylation sites is 1. The van der Waals surface area contributed by atoms with Gasteiger partial charge < -0.3 is 4.57 Å². The number of aryl methyl sites for hydroxylation is 1. The molecule has 0 N–H and O–H groups in total. The minimum Gasteiger partial charge on any atom is -0.343 e.